The van der Waals surface area contributed by atoms with E-state index in [-0.39, 0.29) is 0 Å². The summed E-state index contributed by atoms with van der Waals surface area (Å²) in [6.07, 6.45) is 2.52. The van der Waals surface area contributed by atoms with Gasteiger partial charge in [0, 0.05) is 18.5 Å². The van der Waals surface area contributed by atoms with E-state index < -0.39 is 0 Å². The van der Waals surface area contributed by atoms with Crippen LogP contribution in [0.15, 0.2) is 24.3 Å². The van der Waals surface area contributed by atoms with Crippen molar-refractivity contribution in [3.63, 3.8) is 0 Å². The molecule has 0 radical (unpaired) electrons. The van der Waals surface area contributed by atoms with Crippen LogP contribution < -0.4 is 4.90 Å². The molecule has 0 aliphatic carbocycles. The van der Waals surface area contributed by atoms with Crippen LogP contribution >= 0.6 is 11.6 Å². The summed E-state index contributed by atoms with van der Waals surface area (Å²) < 4.78 is 0. The maximum Gasteiger partial charge on any atom is 0.224 e. The highest BCUT2D eigenvalue weighted by Crippen LogP contribution is 2.28. The second-order valence-corrected chi connectivity index (χ2v) is 5.36. The zero-order chi connectivity index (χ0) is 12.5. The Kier molecular flexibility index (Phi) is 3.08. The number of benzene rings is 1. The number of hydrogen-bond acceptors (Lipinski definition) is 3. The molecule has 1 aliphatic rings. The molecule has 1 aromatic heterocycles. The summed E-state index contributed by atoms with van der Waals surface area (Å²) in [5.41, 5.74) is 0.922. The van der Waals surface area contributed by atoms with Gasteiger partial charge in [-0.15, -0.1) is 0 Å². The van der Waals surface area contributed by atoms with E-state index in [1.54, 1.807) is 0 Å². The molecule has 0 amide bonds. The average molecular weight is 262 g/mol. The Bertz CT molecular complexity index is 570. The predicted molar refractivity (Wildman–Crippen MR) is 75.2 cm³/mol. The fraction of sp³-hybridized carbons (Fsp3) is 0.429. The molecule has 3 rings (SSSR count). The first kappa shape index (κ1) is 11.7. The van der Waals surface area contributed by atoms with Gasteiger partial charge in [0.2, 0.25) is 5.28 Å². The molecule has 2 heterocycles. The van der Waals surface area contributed by atoms with Crippen molar-refractivity contribution in [3.05, 3.63) is 29.5 Å². The van der Waals surface area contributed by atoms with Gasteiger partial charge in [0.25, 0.3) is 0 Å². The van der Waals surface area contributed by atoms with Gasteiger partial charge in [0.15, 0.2) is 0 Å². The molecule has 94 valence electrons. The van der Waals surface area contributed by atoms with Crippen molar-refractivity contribution < 1.29 is 0 Å². The summed E-state index contributed by atoms with van der Waals surface area (Å²) in [6, 6.07) is 8.06. The summed E-state index contributed by atoms with van der Waals surface area (Å²) in [6.45, 7) is 4.40. The second kappa shape index (κ2) is 4.73. The Balaban J connectivity index is 2.09. The number of rotatable bonds is 1. The van der Waals surface area contributed by atoms with Crippen LogP contribution in [0.3, 0.4) is 0 Å². The lowest BCUT2D eigenvalue weighted by Crippen LogP contribution is -2.35. The molecule has 18 heavy (non-hydrogen) atoms. The number of hydrogen-bond donors (Lipinski definition) is 0. The third kappa shape index (κ3) is 2.15. The van der Waals surface area contributed by atoms with Gasteiger partial charge in [-0.2, -0.15) is 4.98 Å². The Morgan fingerprint density at radius 1 is 1.28 bits per heavy atom. The van der Waals surface area contributed by atoms with Gasteiger partial charge in [-0.25, -0.2) is 4.98 Å². The fourth-order valence-corrected chi connectivity index (χ4v) is 2.83. The van der Waals surface area contributed by atoms with Crippen LogP contribution in [-0.2, 0) is 0 Å². The highest BCUT2D eigenvalue weighted by Gasteiger charge is 2.20. The molecule has 1 fully saturated rings. The number of piperidine rings is 1. The standard InChI is InChI=1S/C14H16ClN3/c1-10-5-4-8-18(9-10)13-11-6-2-3-7-12(11)16-14(15)17-13/h2-3,6-7,10H,4-5,8-9H2,1H3. The van der Waals surface area contributed by atoms with Crippen molar-refractivity contribution >= 4 is 28.3 Å². The molecule has 1 atom stereocenters. The summed E-state index contributed by atoms with van der Waals surface area (Å²) in [5, 5.41) is 1.43. The molecule has 1 unspecified atom stereocenters. The summed E-state index contributed by atoms with van der Waals surface area (Å²) in [4.78, 5) is 11.1. The van der Waals surface area contributed by atoms with E-state index in [1.165, 1.54) is 12.8 Å². The highest BCUT2D eigenvalue weighted by molar-refractivity contribution is 6.28. The third-order valence-corrected chi connectivity index (χ3v) is 3.68. The van der Waals surface area contributed by atoms with E-state index in [1.807, 2.05) is 18.2 Å². The molecule has 2 aromatic rings. The van der Waals surface area contributed by atoms with Crippen LogP contribution in [0.2, 0.25) is 5.28 Å². The Morgan fingerprint density at radius 3 is 2.94 bits per heavy atom. The molecule has 0 spiro atoms. The number of aromatic nitrogens is 2. The minimum Gasteiger partial charge on any atom is -0.356 e. The summed E-state index contributed by atoms with van der Waals surface area (Å²) in [5.74, 6) is 1.70. The summed E-state index contributed by atoms with van der Waals surface area (Å²) >= 11 is 6.03. The van der Waals surface area contributed by atoms with Crippen molar-refractivity contribution in [1.82, 2.24) is 9.97 Å². The van der Waals surface area contributed by atoms with Crippen molar-refractivity contribution in [2.45, 2.75) is 19.8 Å². The first-order valence-corrected chi connectivity index (χ1v) is 6.79. The van der Waals surface area contributed by atoms with Gasteiger partial charge < -0.3 is 4.90 Å². The maximum atomic E-state index is 6.03. The SMILES string of the molecule is CC1CCCN(c2nc(Cl)nc3ccccc23)C1. The van der Waals surface area contributed by atoms with E-state index >= 15 is 0 Å². The van der Waals surface area contributed by atoms with E-state index in [4.69, 9.17) is 11.6 Å². The highest BCUT2D eigenvalue weighted by atomic mass is 35.5. The first-order chi connectivity index (χ1) is 8.74. The number of halogens is 1. The maximum absolute atomic E-state index is 6.03. The zero-order valence-corrected chi connectivity index (χ0v) is 11.2. The van der Waals surface area contributed by atoms with Crippen LogP contribution in [0, 0.1) is 5.92 Å². The number of nitrogens with zero attached hydrogens (tertiary/aromatic N) is 3. The topological polar surface area (TPSA) is 29.0 Å². The van der Waals surface area contributed by atoms with E-state index in [0.29, 0.717) is 11.2 Å². The molecule has 4 heteroatoms. The van der Waals surface area contributed by atoms with Crippen LogP contribution in [0.4, 0.5) is 5.82 Å². The quantitative estimate of drug-likeness (QED) is 0.736. The fourth-order valence-electron chi connectivity index (χ4n) is 2.66. The van der Waals surface area contributed by atoms with Gasteiger partial charge in [-0.05, 0) is 42.5 Å². The minimum atomic E-state index is 0.335. The smallest absolute Gasteiger partial charge is 0.224 e. The molecule has 0 bridgehead atoms. The molecule has 0 saturated carbocycles. The zero-order valence-electron chi connectivity index (χ0n) is 10.4. The third-order valence-electron chi connectivity index (χ3n) is 3.51. The van der Waals surface area contributed by atoms with Crippen LogP contribution in [0.25, 0.3) is 10.9 Å². The van der Waals surface area contributed by atoms with Gasteiger partial charge in [0.05, 0.1) is 5.52 Å². The first-order valence-electron chi connectivity index (χ1n) is 6.41. The normalized spacial score (nSPS) is 20.3. The molecular formula is C14H16ClN3. The molecule has 0 N–H and O–H groups in total. The average Bonchev–Trinajstić information content (AvgIpc) is 2.37. The summed E-state index contributed by atoms with van der Waals surface area (Å²) in [7, 11) is 0. The van der Waals surface area contributed by atoms with Gasteiger partial charge in [0.1, 0.15) is 5.82 Å². The second-order valence-electron chi connectivity index (χ2n) is 5.03. The monoisotopic (exact) mass is 261 g/mol. The van der Waals surface area contributed by atoms with Gasteiger partial charge in [-0.3, -0.25) is 0 Å². The Morgan fingerprint density at radius 2 is 2.11 bits per heavy atom. The van der Waals surface area contributed by atoms with Gasteiger partial charge in [-0.1, -0.05) is 19.1 Å². The van der Waals surface area contributed by atoms with Crippen molar-refractivity contribution in [2.75, 3.05) is 18.0 Å². The molecule has 1 aliphatic heterocycles. The molecule has 3 nitrogen and oxygen atoms in total. The lowest BCUT2D eigenvalue weighted by Gasteiger charge is -2.32. The van der Waals surface area contributed by atoms with Crippen molar-refractivity contribution in [3.8, 4) is 0 Å². The molecular weight excluding hydrogens is 246 g/mol. The van der Waals surface area contributed by atoms with Crippen LogP contribution in [0.5, 0.6) is 0 Å². The molecule has 1 saturated heterocycles. The van der Waals surface area contributed by atoms with E-state index in [0.717, 1.165) is 29.8 Å². The van der Waals surface area contributed by atoms with Crippen LogP contribution in [-0.4, -0.2) is 23.1 Å². The van der Waals surface area contributed by atoms with Crippen molar-refractivity contribution in [1.29, 1.82) is 0 Å². The molecule has 1 aromatic carbocycles. The van der Waals surface area contributed by atoms with E-state index in [9.17, 15) is 0 Å². The lowest BCUT2D eigenvalue weighted by molar-refractivity contribution is 0.445. The van der Waals surface area contributed by atoms with Crippen molar-refractivity contribution in [2.24, 2.45) is 5.92 Å². The van der Waals surface area contributed by atoms with E-state index in [2.05, 4.69) is 27.9 Å². The predicted octanol–water partition coefficient (Wildman–Crippen LogP) is 3.52. The minimum absolute atomic E-state index is 0.335. The van der Waals surface area contributed by atoms with Gasteiger partial charge >= 0.3 is 0 Å². The Hall–Kier alpha value is -1.35. The number of anilines is 1. The Labute approximate surface area is 112 Å². The number of fused-ring (bicyclic) bond motifs is 1. The number of para-hydroxylation sites is 1. The van der Waals surface area contributed by atoms with Crippen LogP contribution in [0.1, 0.15) is 19.8 Å². The lowest BCUT2D eigenvalue weighted by atomic mass is 10.00. The largest absolute Gasteiger partial charge is 0.356 e.